The zero-order chi connectivity index (χ0) is 16.2. The van der Waals surface area contributed by atoms with E-state index in [0.717, 1.165) is 19.3 Å². The molecule has 0 atom stereocenters. The fourth-order valence-corrected chi connectivity index (χ4v) is 5.38. The number of hydrogen-bond donors (Lipinski definition) is 2. The number of nitro groups is 1. The summed E-state index contributed by atoms with van der Waals surface area (Å²) in [7, 11) is 0. The van der Waals surface area contributed by atoms with Gasteiger partial charge in [-0.1, -0.05) is 0 Å². The van der Waals surface area contributed by atoms with Crippen molar-refractivity contribution in [3.63, 3.8) is 0 Å². The second-order valence-corrected chi connectivity index (χ2v) is 7.61. The molecule has 122 valence electrons. The van der Waals surface area contributed by atoms with Gasteiger partial charge in [-0.15, -0.1) is 0 Å². The highest BCUT2D eigenvalue weighted by molar-refractivity contribution is 5.97. The largest absolute Gasteiger partial charge is 0.506 e. The summed E-state index contributed by atoms with van der Waals surface area (Å²) in [5.74, 6) is 1.73. The van der Waals surface area contributed by atoms with Crippen molar-refractivity contribution in [1.82, 2.24) is 0 Å². The van der Waals surface area contributed by atoms with Gasteiger partial charge in [-0.25, -0.2) is 0 Å². The topological polar surface area (TPSA) is 92.5 Å². The molecule has 4 fully saturated rings. The molecule has 2 N–H and O–H groups in total. The number of benzene rings is 1. The van der Waals surface area contributed by atoms with Crippen LogP contribution >= 0.6 is 0 Å². The van der Waals surface area contributed by atoms with Crippen LogP contribution in [0.3, 0.4) is 0 Å². The standard InChI is InChI=1S/C17H20N2O4/c20-15-2-1-13(19(22)23)6-14(15)18-16(21)17-7-10-3-11(8-17)5-12(4-10)9-17/h1-2,6,10-12,20H,3-5,7-9H2,(H,18,21). The van der Waals surface area contributed by atoms with Gasteiger partial charge in [0.15, 0.2) is 0 Å². The third-order valence-corrected chi connectivity index (χ3v) is 5.96. The predicted octanol–water partition coefficient (Wildman–Crippen LogP) is 3.46. The molecule has 4 aliphatic carbocycles. The lowest BCUT2D eigenvalue weighted by molar-refractivity contribution is -0.384. The molecule has 4 bridgehead atoms. The van der Waals surface area contributed by atoms with E-state index in [1.165, 1.54) is 37.5 Å². The minimum absolute atomic E-state index is 0.0765. The van der Waals surface area contributed by atoms with Crippen molar-refractivity contribution in [2.75, 3.05) is 5.32 Å². The van der Waals surface area contributed by atoms with E-state index >= 15 is 0 Å². The first-order valence-corrected chi connectivity index (χ1v) is 8.24. The average molecular weight is 316 g/mol. The van der Waals surface area contributed by atoms with E-state index in [-0.39, 0.29) is 28.4 Å². The van der Waals surface area contributed by atoms with E-state index < -0.39 is 4.92 Å². The zero-order valence-corrected chi connectivity index (χ0v) is 12.8. The Hall–Kier alpha value is -2.11. The summed E-state index contributed by atoms with van der Waals surface area (Å²) in [5, 5.41) is 23.6. The van der Waals surface area contributed by atoms with Crippen LogP contribution in [0.25, 0.3) is 0 Å². The highest BCUT2D eigenvalue weighted by Gasteiger charge is 2.54. The summed E-state index contributed by atoms with van der Waals surface area (Å²) in [6.07, 6.45) is 6.49. The zero-order valence-electron chi connectivity index (χ0n) is 12.8. The third kappa shape index (κ3) is 2.36. The van der Waals surface area contributed by atoms with Crippen molar-refractivity contribution in [2.24, 2.45) is 23.2 Å². The number of carbonyl (C=O) groups excluding carboxylic acids is 1. The van der Waals surface area contributed by atoms with Crippen LogP contribution in [0.5, 0.6) is 5.75 Å². The maximum absolute atomic E-state index is 12.9. The molecule has 4 aliphatic rings. The van der Waals surface area contributed by atoms with Crippen LogP contribution in [0, 0.1) is 33.3 Å². The number of nitrogens with one attached hydrogen (secondary N) is 1. The van der Waals surface area contributed by atoms with Gasteiger partial charge in [0, 0.05) is 12.1 Å². The van der Waals surface area contributed by atoms with E-state index in [2.05, 4.69) is 5.32 Å². The van der Waals surface area contributed by atoms with Crippen molar-refractivity contribution in [2.45, 2.75) is 38.5 Å². The Morgan fingerprint density at radius 1 is 1.17 bits per heavy atom. The maximum atomic E-state index is 12.9. The van der Waals surface area contributed by atoms with Crippen LogP contribution in [-0.2, 0) is 4.79 Å². The smallest absolute Gasteiger partial charge is 0.271 e. The van der Waals surface area contributed by atoms with Crippen molar-refractivity contribution in [3.05, 3.63) is 28.3 Å². The third-order valence-electron chi connectivity index (χ3n) is 5.96. The molecule has 0 radical (unpaired) electrons. The molecule has 6 nitrogen and oxygen atoms in total. The SMILES string of the molecule is O=C(Nc1cc([N+](=O)[O-])ccc1O)C12CC3CC(CC(C3)C1)C2. The molecule has 0 spiro atoms. The monoisotopic (exact) mass is 316 g/mol. The molecule has 1 amide bonds. The first kappa shape index (κ1) is 14.5. The van der Waals surface area contributed by atoms with Gasteiger partial charge in [0.1, 0.15) is 5.75 Å². The molecule has 6 heteroatoms. The van der Waals surface area contributed by atoms with E-state index in [1.54, 1.807) is 0 Å². The molecular weight excluding hydrogens is 296 g/mol. The number of nitro benzene ring substituents is 1. The molecule has 23 heavy (non-hydrogen) atoms. The second-order valence-electron chi connectivity index (χ2n) is 7.61. The fraction of sp³-hybridized carbons (Fsp3) is 0.588. The summed E-state index contributed by atoms with van der Waals surface area (Å²) in [6.45, 7) is 0. The number of phenolic OH excluding ortho intramolecular Hbond substituents is 1. The Balaban J connectivity index is 1.59. The van der Waals surface area contributed by atoms with Gasteiger partial charge in [-0.3, -0.25) is 14.9 Å². The Labute approximate surface area is 134 Å². The number of amides is 1. The highest BCUT2D eigenvalue weighted by atomic mass is 16.6. The molecule has 4 saturated carbocycles. The molecule has 1 aromatic carbocycles. The van der Waals surface area contributed by atoms with Gasteiger partial charge in [-0.2, -0.15) is 0 Å². The van der Waals surface area contributed by atoms with Crippen molar-refractivity contribution in [1.29, 1.82) is 0 Å². The Bertz CT molecular complexity index is 650. The lowest BCUT2D eigenvalue weighted by Gasteiger charge is -2.55. The summed E-state index contributed by atoms with van der Waals surface area (Å²) in [6, 6.07) is 3.72. The van der Waals surface area contributed by atoms with Crippen LogP contribution in [-0.4, -0.2) is 15.9 Å². The number of anilines is 1. The van der Waals surface area contributed by atoms with Crippen LogP contribution < -0.4 is 5.32 Å². The number of phenols is 1. The summed E-state index contributed by atoms with van der Waals surface area (Å²) in [5.41, 5.74) is -0.338. The molecule has 5 rings (SSSR count). The quantitative estimate of drug-likeness (QED) is 0.507. The van der Waals surface area contributed by atoms with Crippen molar-refractivity contribution < 1.29 is 14.8 Å². The van der Waals surface area contributed by atoms with E-state index in [0.29, 0.717) is 17.8 Å². The van der Waals surface area contributed by atoms with Gasteiger partial charge < -0.3 is 10.4 Å². The second kappa shape index (κ2) is 4.94. The lowest BCUT2D eigenvalue weighted by Crippen LogP contribution is -2.51. The Kier molecular flexibility index (Phi) is 3.11. The summed E-state index contributed by atoms with van der Waals surface area (Å²) in [4.78, 5) is 23.3. The van der Waals surface area contributed by atoms with Gasteiger partial charge in [0.25, 0.3) is 5.69 Å². The van der Waals surface area contributed by atoms with Crippen LogP contribution in [0.15, 0.2) is 18.2 Å². The van der Waals surface area contributed by atoms with Gasteiger partial charge in [0.2, 0.25) is 5.91 Å². The maximum Gasteiger partial charge on any atom is 0.271 e. The molecule has 0 aliphatic heterocycles. The van der Waals surface area contributed by atoms with Crippen LogP contribution in [0.1, 0.15) is 38.5 Å². The van der Waals surface area contributed by atoms with E-state index in [1.807, 2.05) is 0 Å². The van der Waals surface area contributed by atoms with Gasteiger partial charge in [-0.05, 0) is 62.3 Å². The van der Waals surface area contributed by atoms with Crippen molar-refractivity contribution in [3.8, 4) is 5.75 Å². The van der Waals surface area contributed by atoms with E-state index in [4.69, 9.17) is 0 Å². The molecule has 1 aromatic rings. The number of nitrogens with zero attached hydrogens (tertiary/aromatic N) is 1. The normalized spacial score (nSPS) is 34.3. The Morgan fingerprint density at radius 2 is 1.74 bits per heavy atom. The first-order chi connectivity index (χ1) is 10.9. The van der Waals surface area contributed by atoms with Gasteiger partial charge >= 0.3 is 0 Å². The molecule has 0 saturated heterocycles. The average Bonchev–Trinajstić information content (AvgIpc) is 2.47. The summed E-state index contributed by atoms with van der Waals surface area (Å²) >= 11 is 0. The number of aromatic hydroxyl groups is 1. The predicted molar refractivity (Wildman–Crippen MR) is 84.0 cm³/mol. The van der Waals surface area contributed by atoms with E-state index in [9.17, 15) is 20.0 Å². The molecule has 0 heterocycles. The fourth-order valence-electron chi connectivity index (χ4n) is 5.38. The van der Waals surface area contributed by atoms with Gasteiger partial charge in [0.05, 0.1) is 16.0 Å². The minimum atomic E-state index is -0.528. The lowest BCUT2D eigenvalue weighted by atomic mass is 9.49. The Morgan fingerprint density at radius 3 is 2.26 bits per heavy atom. The van der Waals surface area contributed by atoms with Crippen molar-refractivity contribution >= 4 is 17.3 Å². The number of hydrogen-bond acceptors (Lipinski definition) is 4. The minimum Gasteiger partial charge on any atom is -0.506 e. The number of carbonyl (C=O) groups is 1. The number of non-ortho nitro benzene ring substituents is 1. The van der Waals surface area contributed by atoms with Crippen LogP contribution in [0.2, 0.25) is 0 Å². The molecule has 0 aromatic heterocycles. The molecule has 0 unspecified atom stereocenters. The highest BCUT2D eigenvalue weighted by Crippen LogP contribution is 2.60. The summed E-state index contributed by atoms with van der Waals surface area (Å²) < 4.78 is 0. The first-order valence-electron chi connectivity index (χ1n) is 8.24. The molecular formula is C17H20N2O4. The number of rotatable bonds is 3. The van der Waals surface area contributed by atoms with Crippen LogP contribution in [0.4, 0.5) is 11.4 Å².